The molecule has 0 unspecified atom stereocenters. The van der Waals surface area contributed by atoms with Gasteiger partial charge in [0.1, 0.15) is 17.6 Å². The molecule has 0 atom stereocenters. The highest BCUT2D eigenvalue weighted by Crippen LogP contribution is 2.31. The van der Waals surface area contributed by atoms with Crippen molar-refractivity contribution in [2.45, 2.75) is 0 Å². The summed E-state index contributed by atoms with van der Waals surface area (Å²) in [5.74, 6) is 1.33. The van der Waals surface area contributed by atoms with Crippen molar-refractivity contribution in [2.75, 3.05) is 7.11 Å². The number of halogens is 1. The molecule has 0 N–H and O–H groups in total. The molecule has 0 saturated carbocycles. The van der Waals surface area contributed by atoms with E-state index in [2.05, 4.69) is 4.98 Å². The molecule has 0 bridgehead atoms. The van der Waals surface area contributed by atoms with E-state index in [1.807, 2.05) is 13.1 Å². The minimum atomic E-state index is 0.365. The molecule has 0 aliphatic carbocycles. The first-order chi connectivity index (χ1) is 8.15. The van der Waals surface area contributed by atoms with E-state index in [4.69, 9.17) is 21.6 Å². The second kappa shape index (κ2) is 4.48. The fourth-order valence-corrected chi connectivity index (χ4v) is 1.80. The first-order valence-corrected chi connectivity index (χ1v) is 5.31. The van der Waals surface area contributed by atoms with Crippen molar-refractivity contribution in [3.8, 4) is 23.2 Å². The summed E-state index contributed by atoms with van der Waals surface area (Å²) >= 11 is 5.96. The lowest BCUT2D eigenvalue weighted by Crippen LogP contribution is -1.94. The third-order valence-corrected chi connectivity index (χ3v) is 2.63. The number of methoxy groups -OCH3 is 1. The van der Waals surface area contributed by atoms with Crippen molar-refractivity contribution in [2.24, 2.45) is 7.05 Å². The number of aryl methyl sites for hydroxylation is 1. The Kier molecular flexibility index (Phi) is 3.03. The number of benzene rings is 1. The molecule has 86 valence electrons. The minimum Gasteiger partial charge on any atom is -0.496 e. The van der Waals surface area contributed by atoms with Crippen LogP contribution in [0.25, 0.3) is 11.4 Å². The van der Waals surface area contributed by atoms with Gasteiger partial charge in [-0.2, -0.15) is 5.26 Å². The van der Waals surface area contributed by atoms with E-state index in [-0.39, 0.29) is 0 Å². The molecular formula is C12H10ClN3O. The lowest BCUT2D eigenvalue weighted by atomic mass is 10.2. The molecule has 0 aliphatic rings. The largest absolute Gasteiger partial charge is 0.496 e. The highest BCUT2D eigenvalue weighted by molar-refractivity contribution is 6.30. The Labute approximate surface area is 104 Å². The highest BCUT2D eigenvalue weighted by atomic mass is 35.5. The van der Waals surface area contributed by atoms with Gasteiger partial charge in [0.2, 0.25) is 0 Å². The van der Waals surface area contributed by atoms with Crippen LogP contribution in [0.5, 0.6) is 5.75 Å². The normalized spacial score (nSPS) is 10.0. The summed E-state index contributed by atoms with van der Waals surface area (Å²) in [4.78, 5) is 4.21. The molecule has 1 heterocycles. The van der Waals surface area contributed by atoms with E-state index in [0.29, 0.717) is 22.3 Å². The van der Waals surface area contributed by atoms with Gasteiger partial charge in [-0.25, -0.2) is 4.98 Å². The van der Waals surface area contributed by atoms with Crippen LogP contribution in [0.15, 0.2) is 24.4 Å². The van der Waals surface area contributed by atoms with Gasteiger partial charge in [-0.05, 0) is 18.2 Å². The topological polar surface area (TPSA) is 50.8 Å². The van der Waals surface area contributed by atoms with E-state index in [1.54, 1.807) is 36.1 Å². The van der Waals surface area contributed by atoms with E-state index in [9.17, 15) is 0 Å². The standard InChI is InChI=1S/C12H10ClN3O/c1-16-7-9(6-14)15-12(16)10-5-8(13)3-4-11(10)17-2/h3-5,7H,1-2H3. The van der Waals surface area contributed by atoms with Crippen molar-refractivity contribution in [3.63, 3.8) is 0 Å². The molecule has 2 aromatic rings. The van der Waals surface area contributed by atoms with Gasteiger partial charge >= 0.3 is 0 Å². The molecule has 1 aromatic heterocycles. The predicted molar refractivity (Wildman–Crippen MR) is 64.9 cm³/mol. The molecule has 0 saturated heterocycles. The van der Waals surface area contributed by atoms with Crippen LogP contribution in [0, 0.1) is 11.3 Å². The van der Waals surface area contributed by atoms with Gasteiger partial charge in [-0.1, -0.05) is 11.6 Å². The van der Waals surface area contributed by atoms with Crippen LogP contribution in [0.1, 0.15) is 5.69 Å². The van der Waals surface area contributed by atoms with Crippen molar-refractivity contribution in [1.82, 2.24) is 9.55 Å². The Morgan fingerprint density at radius 3 is 2.82 bits per heavy atom. The second-order valence-corrected chi connectivity index (χ2v) is 3.95. The first kappa shape index (κ1) is 11.5. The fourth-order valence-electron chi connectivity index (χ4n) is 1.63. The van der Waals surface area contributed by atoms with Crippen LogP contribution >= 0.6 is 11.6 Å². The smallest absolute Gasteiger partial charge is 0.159 e. The number of nitrogens with zero attached hydrogens (tertiary/aromatic N) is 3. The number of hydrogen-bond acceptors (Lipinski definition) is 3. The average Bonchev–Trinajstić information content (AvgIpc) is 2.70. The van der Waals surface area contributed by atoms with Gasteiger partial charge in [-0.3, -0.25) is 0 Å². The van der Waals surface area contributed by atoms with Crippen molar-refractivity contribution >= 4 is 11.6 Å². The molecule has 5 heteroatoms. The molecule has 0 amide bonds. The fraction of sp³-hybridized carbons (Fsp3) is 0.167. The highest BCUT2D eigenvalue weighted by Gasteiger charge is 2.13. The summed E-state index contributed by atoms with van der Waals surface area (Å²) in [5, 5.41) is 9.42. The minimum absolute atomic E-state index is 0.365. The van der Waals surface area contributed by atoms with E-state index in [0.717, 1.165) is 5.56 Å². The Balaban J connectivity index is 2.63. The van der Waals surface area contributed by atoms with E-state index < -0.39 is 0 Å². The van der Waals surface area contributed by atoms with Crippen molar-refractivity contribution in [3.05, 3.63) is 35.1 Å². The molecule has 4 nitrogen and oxygen atoms in total. The van der Waals surface area contributed by atoms with Crippen LogP contribution < -0.4 is 4.74 Å². The molecule has 0 fully saturated rings. The Hall–Kier alpha value is -1.99. The maximum Gasteiger partial charge on any atom is 0.159 e. The third kappa shape index (κ3) is 2.10. The molecular weight excluding hydrogens is 238 g/mol. The maximum atomic E-state index is 8.82. The summed E-state index contributed by atoms with van der Waals surface area (Å²) in [7, 11) is 3.41. The zero-order chi connectivity index (χ0) is 12.4. The SMILES string of the molecule is COc1ccc(Cl)cc1-c1nc(C#N)cn1C. The number of aromatic nitrogens is 2. The van der Waals surface area contributed by atoms with Gasteiger partial charge < -0.3 is 9.30 Å². The van der Waals surface area contributed by atoms with Gasteiger partial charge in [0, 0.05) is 18.3 Å². The summed E-state index contributed by atoms with van der Waals surface area (Å²) in [6, 6.07) is 7.30. The molecule has 0 aliphatic heterocycles. The van der Waals surface area contributed by atoms with Crippen molar-refractivity contribution < 1.29 is 4.74 Å². The number of ether oxygens (including phenoxy) is 1. The summed E-state index contributed by atoms with van der Waals surface area (Å²) in [6.45, 7) is 0. The van der Waals surface area contributed by atoms with Crippen LogP contribution in [-0.4, -0.2) is 16.7 Å². The quantitative estimate of drug-likeness (QED) is 0.820. The number of nitriles is 1. The third-order valence-electron chi connectivity index (χ3n) is 2.39. The number of rotatable bonds is 2. The zero-order valence-electron chi connectivity index (χ0n) is 9.44. The van der Waals surface area contributed by atoms with E-state index >= 15 is 0 Å². The molecule has 17 heavy (non-hydrogen) atoms. The van der Waals surface area contributed by atoms with Crippen LogP contribution in [0.3, 0.4) is 0 Å². The summed E-state index contributed by atoms with van der Waals surface area (Å²) in [6.07, 6.45) is 1.66. The number of hydrogen-bond donors (Lipinski definition) is 0. The summed E-state index contributed by atoms with van der Waals surface area (Å²) in [5.41, 5.74) is 1.13. The predicted octanol–water partition coefficient (Wildman–Crippen LogP) is 2.62. The summed E-state index contributed by atoms with van der Waals surface area (Å²) < 4.78 is 7.03. The monoisotopic (exact) mass is 247 g/mol. The molecule has 0 spiro atoms. The maximum absolute atomic E-state index is 8.82. The van der Waals surface area contributed by atoms with Crippen LogP contribution in [0.2, 0.25) is 5.02 Å². The number of imidazole rings is 1. The average molecular weight is 248 g/mol. The Morgan fingerprint density at radius 2 is 2.24 bits per heavy atom. The van der Waals surface area contributed by atoms with Crippen LogP contribution in [0.4, 0.5) is 0 Å². The lowest BCUT2D eigenvalue weighted by Gasteiger charge is -2.08. The van der Waals surface area contributed by atoms with Gasteiger partial charge in [0.15, 0.2) is 5.69 Å². The first-order valence-electron chi connectivity index (χ1n) is 4.93. The molecule has 2 rings (SSSR count). The molecule has 1 aromatic carbocycles. The lowest BCUT2D eigenvalue weighted by molar-refractivity contribution is 0.416. The van der Waals surface area contributed by atoms with E-state index in [1.165, 1.54) is 0 Å². The van der Waals surface area contributed by atoms with Gasteiger partial charge in [0.25, 0.3) is 0 Å². The Morgan fingerprint density at radius 1 is 1.47 bits per heavy atom. The van der Waals surface area contributed by atoms with Crippen molar-refractivity contribution in [1.29, 1.82) is 5.26 Å². The van der Waals surface area contributed by atoms with Gasteiger partial charge in [-0.15, -0.1) is 0 Å². The second-order valence-electron chi connectivity index (χ2n) is 3.52. The Bertz CT molecular complexity index is 598. The zero-order valence-corrected chi connectivity index (χ0v) is 10.2. The van der Waals surface area contributed by atoms with Gasteiger partial charge in [0.05, 0.1) is 12.7 Å². The molecule has 0 radical (unpaired) electrons. The van der Waals surface area contributed by atoms with Crippen LogP contribution in [-0.2, 0) is 7.05 Å².